The number of carbonyl (C=O) groups excluding carboxylic acids is 1. The van der Waals surface area contributed by atoms with Gasteiger partial charge >= 0.3 is 6.01 Å². The number of aromatic nitrogens is 4. The van der Waals surface area contributed by atoms with E-state index in [1.807, 2.05) is 18.7 Å². The number of phenolic OH excluding ortho intramolecular Hbond substituents is 1. The number of anilines is 2. The van der Waals surface area contributed by atoms with Crippen LogP contribution in [0.5, 0.6) is 5.75 Å². The summed E-state index contributed by atoms with van der Waals surface area (Å²) in [6, 6.07) is 8.01. The van der Waals surface area contributed by atoms with Crippen LogP contribution >= 0.6 is 0 Å². The molecule has 5 rings (SSSR count). The molecule has 3 aromatic rings. The number of amides is 1. The van der Waals surface area contributed by atoms with Crippen LogP contribution in [0.25, 0.3) is 11.6 Å². The molecular formula is C28H38N8O3. The Kier molecular flexibility index (Phi) is 7.97. The number of likely N-dealkylation sites (tertiary alicyclic amines) is 1. The van der Waals surface area contributed by atoms with Crippen molar-refractivity contribution in [2.75, 3.05) is 42.9 Å². The van der Waals surface area contributed by atoms with Gasteiger partial charge in [-0.05, 0) is 64.3 Å². The van der Waals surface area contributed by atoms with E-state index in [2.05, 4.69) is 39.2 Å². The average Bonchev–Trinajstić information content (AvgIpc) is 3.42. The van der Waals surface area contributed by atoms with Crippen LogP contribution in [0.3, 0.4) is 0 Å². The number of aromatic hydroxyl groups is 1. The van der Waals surface area contributed by atoms with Crippen LogP contribution < -0.4 is 10.2 Å². The number of hydrogen-bond donors (Lipinski definition) is 2. The summed E-state index contributed by atoms with van der Waals surface area (Å²) in [4.78, 5) is 29.4. The first kappa shape index (κ1) is 26.9. The van der Waals surface area contributed by atoms with Crippen LogP contribution in [0.15, 0.2) is 34.9 Å². The van der Waals surface area contributed by atoms with Crippen molar-refractivity contribution < 1.29 is 14.3 Å². The quantitative estimate of drug-likeness (QED) is 0.465. The van der Waals surface area contributed by atoms with E-state index in [1.54, 1.807) is 30.5 Å². The predicted molar refractivity (Wildman–Crippen MR) is 149 cm³/mol. The fourth-order valence-electron chi connectivity index (χ4n) is 5.77. The Morgan fingerprint density at radius 1 is 1.13 bits per heavy atom. The van der Waals surface area contributed by atoms with Gasteiger partial charge in [0.2, 0.25) is 0 Å². The lowest BCUT2D eigenvalue weighted by Gasteiger charge is -2.50. The van der Waals surface area contributed by atoms with Gasteiger partial charge in [0, 0.05) is 56.4 Å². The standard InChI is InChI=1S/C28H38N8O3/c1-5-21-17-35(25-19(4)31-24(15-30-25)26-32-33-28(39-26)29-6-2)18(3)16-36(21)22-11-13-34(14-12-22)27(38)20-7-9-23(37)10-8-20/h7-10,15,18,21-22,37H,5-6,11-14,16-17H2,1-4H3,(H,29,33). The molecule has 0 bridgehead atoms. The maximum atomic E-state index is 12.9. The summed E-state index contributed by atoms with van der Waals surface area (Å²) < 4.78 is 5.65. The molecule has 39 heavy (non-hydrogen) atoms. The smallest absolute Gasteiger partial charge is 0.315 e. The lowest BCUT2D eigenvalue weighted by Crippen LogP contribution is -2.62. The van der Waals surface area contributed by atoms with Crippen molar-refractivity contribution in [3.63, 3.8) is 0 Å². The molecule has 1 amide bonds. The summed E-state index contributed by atoms with van der Waals surface area (Å²) in [5, 5.41) is 20.6. The highest BCUT2D eigenvalue weighted by Gasteiger charge is 2.37. The van der Waals surface area contributed by atoms with Crippen LogP contribution in [0, 0.1) is 6.92 Å². The van der Waals surface area contributed by atoms with E-state index in [9.17, 15) is 9.90 Å². The third kappa shape index (κ3) is 5.68. The van der Waals surface area contributed by atoms with E-state index in [0.29, 0.717) is 41.8 Å². The van der Waals surface area contributed by atoms with Gasteiger partial charge in [-0.3, -0.25) is 9.69 Å². The van der Waals surface area contributed by atoms with Crippen LogP contribution in [0.2, 0.25) is 0 Å². The topological polar surface area (TPSA) is 124 Å². The van der Waals surface area contributed by atoms with Gasteiger partial charge in [-0.15, -0.1) is 5.10 Å². The zero-order valence-corrected chi connectivity index (χ0v) is 23.2. The lowest BCUT2D eigenvalue weighted by atomic mass is 9.96. The largest absolute Gasteiger partial charge is 0.508 e. The highest BCUT2D eigenvalue weighted by atomic mass is 16.4. The number of carbonyl (C=O) groups is 1. The number of nitrogens with one attached hydrogen (secondary N) is 1. The van der Waals surface area contributed by atoms with Crippen molar-refractivity contribution in [3.05, 3.63) is 41.7 Å². The number of hydrogen-bond acceptors (Lipinski definition) is 10. The van der Waals surface area contributed by atoms with Gasteiger partial charge in [0.25, 0.3) is 11.8 Å². The zero-order valence-electron chi connectivity index (χ0n) is 23.2. The fraction of sp³-hybridized carbons (Fsp3) is 0.536. The molecule has 2 unspecified atom stereocenters. The Hall–Kier alpha value is -3.73. The second-order valence-corrected chi connectivity index (χ2v) is 10.4. The Bertz CT molecular complexity index is 1270. The zero-order chi connectivity index (χ0) is 27.5. The van der Waals surface area contributed by atoms with Crippen molar-refractivity contribution in [1.82, 2.24) is 30.0 Å². The molecule has 2 aliphatic rings. The summed E-state index contributed by atoms with van der Waals surface area (Å²) in [6.45, 7) is 12.4. The molecule has 11 nitrogen and oxygen atoms in total. The molecule has 0 aliphatic carbocycles. The Balaban J connectivity index is 1.23. The van der Waals surface area contributed by atoms with Crippen molar-refractivity contribution in [1.29, 1.82) is 0 Å². The first-order chi connectivity index (χ1) is 18.9. The summed E-state index contributed by atoms with van der Waals surface area (Å²) >= 11 is 0. The van der Waals surface area contributed by atoms with E-state index in [0.717, 1.165) is 57.0 Å². The van der Waals surface area contributed by atoms with Crippen LogP contribution in [0.1, 0.15) is 56.1 Å². The van der Waals surface area contributed by atoms with Crippen LogP contribution in [0.4, 0.5) is 11.8 Å². The van der Waals surface area contributed by atoms with Gasteiger partial charge in [0.15, 0.2) is 0 Å². The van der Waals surface area contributed by atoms with Gasteiger partial charge in [-0.25, -0.2) is 9.97 Å². The second kappa shape index (κ2) is 11.6. The molecule has 11 heteroatoms. The molecule has 1 aromatic carbocycles. The van der Waals surface area contributed by atoms with E-state index in [-0.39, 0.29) is 17.7 Å². The summed E-state index contributed by atoms with van der Waals surface area (Å²) in [7, 11) is 0. The Morgan fingerprint density at radius 3 is 2.54 bits per heavy atom. The Morgan fingerprint density at radius 2 is 1.87 bits per heavy atom. The normalized spacial score (nSPS) is 20.8. The average molecular weight is 535 g/mol. The number of rotatable bonds is 7. The van der Waals surface area contributed by atoms with Crippen LogP contribution in [-0.4, -0.2) is 91.8 Å². The van der Waals surface area contributed by atoms with Crippen molar-refractivity contribution in [3.8, 4) is 17.3 Å². The maximum absolute atomic E-state index is 12.9. The van der Waals surface area contributed by atoms with Gasteiger partial charge < -0.3 is 24.6 Å². The summed E-state index contributed by atoms with van der Waals surface area (Å²) in [5.41, 5.74) is 2.03. The monoisotopic (exact) mass is 534 g/mol. The fourth-order valence-corrected chi connectivity index (χ4v) is 5.77. The number of piperidine rings is 1. The maximum Gasteiger partial charge on any atom is 0.315 e. The summed E-state index contributed by atoms with van der Waals surface area (Å²) in [6.07, 6.45) is 4.67. The minimum Gasteiger partial charge on any atom is -0.508 e. The highest BCUT2D eigenvalue weighted by molar-refractivity contribution is 5.94. The number of aryl methyl sites for hydroxylation is 1. The molecule has 2 N–H and O–H groups in total. The van der Waals surface area contributed by atoms with Gasteiger partial charge in [-0.1, -0.05) is 12.0 Å². The third-order valence-electron chi connectivity index (χ3n) is 7.85. The van der Waals surface area contributed by atoms with E-state index in [1.165, 1.54) is 0 Å². The molecule has 2 atom stereocenters. The molecule has 2 aliphatic heterocycles. The molecule has 0 radical (unpaired) electrons. The molecule has 2 saturated heterocycles. The van der Waals surface area contributed by atoms with E-state index >= 15 is 0 Å². The Labute approximate surface area is 229 Å². The molecular weight excluding hydrogens is 496 g/mol. The number of phenols is 1. The number of benzene rings is 1. The molecule has 4 heterocycles. The van der Waals surface area contributed by atoms with Gasteiger partial charge in [0.05, 0.1) is 11.9 Å². The minimum atomic E-state index is 0.0366. The van der Waals surface area contributed by atoms with Crippen molar-refractivity contribution >= 4 is 17.7 Å². The second-order valence-electron chi connectivity index (χ2n) is 10.4. The molecule has 2 fully saturated rings. The summed E-state index contributed by atoms with van der Waals surface area (Å²) in [5.74, 6) is 1.46. The first-order valence-corrected chi connectivity index (χ1v) is 13.9. The minimum absolute atomic E-state index is 0.0366. The predicted octanol–water partition coefficient (Wildman–Crippen LogP) is 3.57. The van der Waals surface area contributed by atoms with Crippen molar-refractivity contribution in [2.45, 2.75) is 65.1 Å². The van der Waals surface area contributed by atoms with Gasteiger partial charge in [-0.2, -0.15) is 0 Å². The highest BCUT2D eigenvalue weighted by Crippen LogP contribution is 2.30. The molecule has 208 valence electrons. The van der Waals surface area contributed by atoms with E-state index in [4.69, 9.17) is 14.4 Å². The lowest BCUT2D eigenvalue weighted by molar-refractivity contribution is 0.0434. The number of piperazine rings is 1. The first-order valence-electron chi connectivity index (χ1n) is 13.9. The van der Waals surface area contributed by atoms with Crippen LogP contribution in [-0.2, 0) is 0 Å². The van der Waals surface area contributed by atoms with E-state index < -0.39 is 0 Å². The van der Waals surface area contributed by atoms with Gasteiger partial charge in [0.1, 0.15) is 17.3 Å². The number of nitrogens with zero attached hydrogens (tertiary/aromatic N) is 7. The van der Waals surface area contributed by atoms with Crippen molar-refractivity contribution in [2.24, 2.45) is 0 Å². The SMILES string of the molecule is CCNc1nnc(-c2cnc(N3CC(CC)N(C4CCN(C(=O)c5ccc(O)cc5)CC4)CC3C)c(C)n2)o1. The molecule has 0 spiro atoms. The molecule has 2 aromatic heterocycles. The third-order valence-corrected chi connectivity index (χ3v) is 7.85. The molecule has 0 saturated carbocycles.